The van der Waals surface area contributed by atoms with Gasteiger partial charge < -0.3 is 5.32 Å². The van der Waals surface area contributed by atoms with E-state index in [0.717, 1.165) is 21.8 Å². The topological polar surface area (TPSA) is 37.8 Å². The molecular weight excluding hydrogens is 298 g/mol. The summed E-state index contributed by atoms with van der Waals surface area (Å²) in [4.78, 5) is 0. The second-order valence-electron chi connectivity index (χ2n) is 5.48. The molecule has 21 heavy (non-hydrogen) atoms. The third-order valence-corrected chi connectivity index (χ3v) is 6.02. The monoisotopic (exact) mass is 319 g/mol. The minimum atomic E-state index is 0.440. The van der Waals surface area contributed by atoms with Gasteiger partial charge in [0.15, 0.2) is 4.34 Å². The molecule has 1 aliphatic rings. The molecular formula is C16H21N3S2. The molecule has 1 aromatic heterocycles. The van der Waals surface area contributed by atoms with E-state index in [0.29, 0.717) is 6.04 Å². The lowest BCUT2D eigenvalue weighted by Crippen LogP contribution is -2.26. The van der Waals surface area contributed by atoms with E-state index in [1.807, 2.05) is 6.26 Å². The van der Waals surface area contributed by atoms with Crippen molar-refractivity contribution >= 4 is 23.1 Å². The van der Waals surface area contributed by atoms with Crippen molar-refractivity contribution in [3.05, 3.63) is 40.9 Å². The normalized spacial score (nSPS) is 17.2. The Balaban J connectivity index is 1.70. The maximum Gasteiger partial charge on any atom is 0.174 e. The van der Waals surface area contributed by atoms with Crippen LogP contribution in [0, 0.1) is 5.92 Å². The minimum Gasteiger partial charge on any atom is -0.303 e. The zero-order valence-electron chi connectivity index (χ0n) is 12.3. The van der Waals surface area contributed by atoms with Gasteiger partial charge in [-0.2, -0.15) is 0 Å². The molecule has 1 heterocycles. The zero-order chi connectivity index (χ0) is 14.5. The highest BCUT2D eigenvalue weighted by atomic mass is 32.2. The molecule has 112 valence electrons. The molecule has 1 aromatic carbocycles. The highest BCUT2D eigenvalue weighted by Crippen LogP contribution is 2.36. The number of hydrogen-bond donors (Lipinski definition) is 1. The molecule has 0 aliphatic heterocycles. The average Bonchev–Trinajstić information content (AvgIpc) is 3.20. The molecule has 1 saturated carbocycles. The summed E-state index contributed by atoms with van der Waals surface area (Å²) in [5.74, 6) is 0.750. The van der Waals surface area contributed by atoms with Crippen molar-refractivity contribution in [2.75, 3.05) is 6.26 Å². The summed E-state index contributed by atoms with van der Waals surface area (Å²) in [6.07, 6.45) is 7.44. The summed E-state index contributed by atoms with van der Waals surface area (Å²) in [6.45, 7) is 0.814. The molecule has 0 bridgehead atoms. The molecule has 3 rings (SSSR count). The van der Waals surface area contributed by atoms with Crippen LogP contribution in [-0.4, -0.2) is 16.5 Å². The summed E-state index contributed by atoms with van der Waals surface area (Å²) in [7, 11) is 0. The largest absolute Gasteiger partial charge is 0.303 e. The van der Waals surface area contributed by atoms with E-state index < -0.39 is 0 Å². The van der Waals surface area contributed by atoms with Gasteiger partial charge in [0, 0.05) is 6.04 Å². The molecule has 2 aromatic rings. The molecule has 0 saturated heterocycles. The van der Waals surface area contributed by atoms with Gasteiger partial charge in [0.1, 0.15) is 5.01 Å². The number of benzene rings is 1. The van der Waals surface area contributed by atoms with Crippen molar-refractivity contribution in [1.29, 1.82) is 0 Å². The van der Waals surface area contributed by atoms with Crippen molar-refractivity contribution in [3.63, 3.8) is 0 Å². The van der Waals surface area contributed by atoms with Crippen LogP contribution in [0.1, 0.15) is 42.3 Å². The molecule has 3 nitrogen and oxygen atoms in total. The van der Waals surface area contributed by atoms with Crippen LogP contribution < -0.4 is 5.32 Å². The number of thioether (sulfide) groups is 1. The third-order valence-electron chi connectivity index (χ3n) is 4.13. The van der Waals surface area contributed by atoms with Gasteiger partial charge in [-0.05, 0) is 30.6 Å². The first-order chi connectivity index (χ1) is 10.4. The van der Waals surface area contributed by atoms with Gasteiger partial charge in [0.25, 0.3) is 0 Å². The first kappa shape index (κ1) is 15.0. The lowest BCUT2D eigenvalue weighted by atomic mass is 9.91. The zero-order valence-corrected chi connectivity index (χ0v) is 13.9. The van der Waals surface area contributed by atoms with Crippen LogP contribution >= 0.6 is 23.1 Å². The smallest absolute Gasteiger partial charge is 0.174 e. The van der Waals surface area contributed by atoms with Crippen LogP contribution in [0.15, 0.2) is 34.7 Å². The van der Waals surface area contributed by atoms with Crippen molar-refractivity contribution in [3.8, 4) is 0 Å². The number of hydrogen-bond acceptors (Lipinski definition) is 5. The summed E-state index contributed by atoms with van der Waals surface area (Å²) in [5, 5.41) is 13.3. The van der Waals surface area contributed by atoms with Crippen LogP contribution in [0.2, 0.25) is 0 Å². The van der Waals surface area contributed by atoms with E-state index in [9.17, 15) is 0 Å². The number of nitrogens with one attached hydrogen (secondary N) is 1. The molecule has 0 spiro atoms. The van der Waals surface area contributed by atoms with E-state index >= 15 is 0 Å². The molecule has 1 N–H and O–H groups in total. The standard InChI is InChI=1S/C16H21N3S2/c1-20-16-19-18-14(21-16)11-17-15(13-9-5-6-10-13)12-7-3-2-4-8-12/h2-4,7-8,13,15,17H,5-6,9-11H2,1H3/t15-/m1/s1. The second-order valence-corrected chi connectivity index (χ2v) is 7.60. The van der Waals surface area contributed by atoms with Gasteiger partial charge in [-0.15, -0.1) is 10.2 Å². The van der Waals surface area contributed by atoms with Gasteiger partial charge in [0.2, 0.25) is 0 Å². The van der Waals surface area contributed by atoms with Crippen LogP contribution in [0.25, 0.3) is 0 Å². The highest BCUT2D eigenvalue weighted by molar-refractivity contribution is 8.00. The molecule has 1 fully saturated rings. The first-order valence-corrected chi connectivity index (χ1v) is 9.55. The Kier molecular flexibility index (Phi) is 5.27. The van der Waals surface area contributed by atoms with E-state index in [4.69, 9.17) is 0 Å². The van der Waals surface area contributed by atoms with E-state index in [1.54, 1.807) is 23.1 Å². The molecule has 1 aliphatic carbocycles. The summed E-state index contributed by atoms with van der Waals surface area (Å²) < 4.78 is 1.05. The van der Waals surface area contributed by atoms with Crippen LogP contribution in [-0.2, 0) is 6.54 Å². The molecule has 0 radical (unpaired) electrons. The lowest BCUT2D eigenvalue weighted by Gasteiger charge is -2.25. The SMILES string of the molecule is CSc1nnc(CN[C@H](c2ccccc2)C2CCCC2)s1. The van der Waals surface area contributed by atoms with Crippen molar-refractivity contribution in [2.24, 2.45) is 5.92 Å². The Morgan fingerprint density at radius 2 is 2.00 bits per heavy atom. The first-order valence-electron chi connectivity index (χ1n) is 7.51. The number of aromatic nitrogens is 2. The Morgan fingerprint density at radius 3 is 2.67 bits per heavy atom. The summed E-state index contributed by atoms with van der Waals surface area (Å²) >= 11 is 3.35. The Hall–Kier alpha value is -0.910. The highest BCUT2D eigenvalue weighted by Gasteiger charge is 2.26. The van der Waals surface area contributed by atoms with Crippen molar-refractivity contribution in [2.45, 2.75) is 42.6 Å². The minimum absolute atomic E-state index is 0.440. The predicted octanol–water partition coefficient (Wildman–Crippen LogP) is 4.28. The molecule has 0 amide bonds. The van der Waals surface area contributed by atoms with Crippen LogP contribution in [0.3, 0.4) is 0 Å². The maximum atomic E-state index is 4.26. The molecule has 5 heteroatoms. The summed E-state index contributed by atoms with van der Waals surface area (Å²) in [5.41, 5.74) is 1.40. The number of rotatable bonds is 6. The molecule has 0 unspecified atom stereocenters. The van der Waals surface area contributed by atoms with Gasteiger partial charge in [-0.25, -0.2) is 0 Å². The predicted molar refractivity (Wildman–Crippen MR) is 89.7 cm³/mol. The Bertz CT molecular complexity index is 550. The van der Waals surface area contributed by atoms with Gasteiger partial charge in [0.05, 0.1) is 6.54 Å². The van der Waals surface area contributed by atoms with Crippen molar-refractivity contribution < 1.29 is 0 Å². The molecule has 1 atom stereocenters. The lowest BCUT2D eigenvalue weighted by molar-refractivity contribution is 0.365. The van der Waals surface area contributed by atoms with E-state index in [-0.39, 0.29) is 0 Å². The average molecular weight is 319 g/mol. The van der Waals surface area contributed by atoms with Crippen LogP contribution in [0.5, 0.6) is 0 Å². The third kappa shape index (κ3) is 3.84. The fourth-order valence-electron chi connectivity index (χ4n) is 3.10. The van der Waals surface area contributed by atoms with Crippen LogP contribution in [0.4, 0.5) is 0 Å². The van der Waals surface area contributed by atoms with Gasteiger partial charge in [-0.1, -0.05) is 66.3 Å². The van der Waals surface area contributed by atoms with Gasteiger partial charge >= 0.3 is 0 Å². The Labute approximate surface area is 134 Å². The maximum absolute atomic E-state index is 4.26. The second kappa shape index (κ2) is 7.38. The van der Waals surface area contributed by atoms with E-state index in [2.05, 4.69) is 45.8 Å². The fraction of sp³-hybridized carbons (Fsp3) is 0.500. The van der Waals surface area contributed by atoms with Gasteiger partial charge in [-0.3, -0.25) is 0 Å². The Morgan fingerprint density at radius 1 is 1.24 bits per heavy atom. The summed E-state index contributed by atoms with van der Waals surface area (Å²) in [6, 6.07) is 11.3. The van der Waals surface area contributed by atoms with Crippen molar-refractivity contribution in [1.82, 2.24) is 15.5 Å². The quantitative estimate of drug-likeness (QED) is 0.806. The fourth-order valence-corrected chi connectivity index (χ4v) is 4.36. The van der Waals surface area contributed by atoms with E-state index in [1.165, 1.54) is 31.2 Å². The number of nitrogens with zero attached hydrogens (tertiary/aromatic N) is 2.